The normalized spacial score (nSPS) is 22.3. The van der Waals surface area contributed by atoms with Crippen LogP contribution in [0.2, 0.25) is 10.0 Å². The summed E-state index contributed by atoms with van der Waals surface area (Å²) in [6.07, 6.45) is 7.46. The minimum Gasteiger partial charge on any atom is -0.497 e. The first-order chi connectivity index (χ1) is 17.9. The first-order valence-electron chi connectivity index (χ1n) is 12.4. The summed E-state index contributed by atoms with van der Waals surface area (Å²) < 4.78 is 5.23. The molecule has 1 heterocycles. The lowest BCUT2D eigenvalue weighted by Gasteiger charge is -2.32. The highest BCUT2D eigenvalue weighted by Gasteiger charge is 2.44. The minimum atomic E-state index is -0.198. The summed E-state index contributed by atoms with van der Waals surface area (Å²) in [7, 11) is 1.63. The van der Waals surface area contributed by atoms with E-state index >= 15 is 0 Å². The number of methoxy groups -OCH3 is 1. The van der Waals surface area contributed by atoms with Crippen molar-refractivity contribution in [3.05, 3.63) is 111 Å². The molecule has 3 unspecified atom stereocenters. The SMILES string of the molecule is COc1ccc(/C=C/C(=O)N2N=C3/C(=C\c4ccc(Cl)cc4)CC(C)CC3C2c2ccc(Cl)cc2)cc1. The number of allylic oxidation sites excluding steroid dienone is 1. The number of nitrogens with zero attached hydrogens (tertiary/aromatic N) is 2. The number of hydrogen-bond donors (Lipinski definition) is 0. The van der Waals surface area contributed by atoms with Gasteiger partial charge in [-0.25, -0.2) is 5.01 Å². The number of carbonyl (C=O) groups is 1. The summed E-state index contributed by atoms with van der Waals surface area (Å²) in [5.41, 5.74) is 5.17. The summed E-state index contributed by atoms with van der Waals surface area (Å²) in [4.78, 5) is 13.6. The van der Waals surface area contributed by atoms with Crippen LogP contribution in [0.25, 0.3) is 12.2 Å². The van der Waals surface area contributed by atoms with Gasteiger partial charge in [-0.15, -0.1) is 0 Å². The van der Waals surface area contributed by atoms with E-state index in [0.717, 1.165) is 41.0 Å². The number of fused-ring (bicyclic) bond motifs is 1. The Morgan fingerprint density at radius 2 is 1.57 bits per heavy atom. The van der Waals surface area contributed by atoms with Crippen molar-refractivity contribution in [3.63, 3.8) is 0 Å². The molecule has 1 amide bonds. The molecule has 6 heteroatoms. The van der Waals surface area contributed by atoms with Crippen LogP contribution in [-0.2, 0) is 4.79 Å². The van der Waals surface area contributed by atoms with Crippen LogP contribution in [0.4, 0.5) is 0 Å². The number of hydrogen-bond acceptors (Lipinski definition) is 3. The lowest BCUT2D eigenvalue weighted by Crippen LogP contribution is -2.32. The largest absolute Gasteiger partial charge is 0.497 e. The van der Waals surface area contributed by atoms with Gasteiger partial charge in [0, 0.05) is 22.0 Å². The van der Waals surface area contributed by atoms with Crippen LogP contribution >= 0.6 is 23.2 Å². The van der Waals surface area contributed by atoms with E-state index in [-0.39, 0.29) is 17.9 Å². The van der Waals surface area contributed by atoms with Crippen LogP contribution in [0.15, 0.2) is 89.5 Å². The quantitative estimate of drug-likeness (QED) is 0.312. The Bertz CT molecular complexity index is 1360. The number of benzene rings is 3. The molecular weight excluding hydrogens is 503 g/mol. The Labute approximate surface area is 227 Å². The van der Waals surface area contributed by atoms with Gasteiger partial charge in [0.15, 0.2) is 0 Å². The Kier molecular flexibility index (Phi) is 7.50. The zero-order valence-electron chi connectivity index (χ0n) is 20.8. The van der Waals surface area contributed by atoms with Gasteiger partial charge in [-0.3, -0.25) is 4.79 Å². The number of amides is 1. The Morgan fingerprint density at radius 3 is 2.22 bits per heavy atom. The maximum Gasteiger partial charge on any atom is 0.267 e. The predicted molar refractivity (Wildman–Crippen MR) is 152 cm³/mol. The zero-order valence-corrected chi connectivity index (χ0v) is 22.3. The molecule has 0 radical (unpaired) electrons. The van der Waals surface area contributed by atoms with Crippen molar-refractivity contribution in [2.45, 2.75) is 25.8 Å². The fourth-order valence-corrected chi connectivity index (χ4v) is 5.44. The van der Waals surface area contributed by atoms with Crippen molar-refractivity contribution < 1.29 is 9.53 Å². The van der Waals surface area contributed by atoms with Gasteiger partial charge in [0.1, 0.15) is 5.75 Å². The number of rotatable bonds is 5. The zero-order chi connectivity index (χ0) is 25.9. The number of carbonyl (C=O) groups excluding carboxylic acids is 1. The maximum absolute atomic E-state index is 13.6. The van der Waals surface area contributed by atoms with Crippen molar-refractivity contribution in [1.29, 1.82) is 0 Å². The van der Waals surface area contributed by atoms with Crippen LogP contribution < -0.4 is 4.74 Å². The fourth-order valence-electron chi connectivity index (χ4n) is 5.18. The van der Waals surface area contributed by atoms with Gasteiger partial charge in [-0.1, -0.05) is 66.5 Å². The standard InChI is InChI=1S/C31H28Cl2N2O2/c1-20-17-24(19-22-3-10-25(32)11-4-22)30-28(18-20)31(23-8-12-26(33)13-9-23)35(34-30)29(36)16-7-21-5-14-27(37-2)15-6-21/h3-16,19-20,28,31H,17-18H2,1-2H3/b16-7+,24-19-. The highest BCUT2D eigenvalue weighted by atomic mass is 35.5. The lowest BCUT2D eigenvalue weighted by molar-refractivity contribution is -0.128. The molecule has 0 N–H and O–H groups in total. The smallest absolute Gasteiger partial charge is 0.267 e. The van der Waals surface area contributed by atoms with E-state index in [4.69, 9.17) is 33.0 Å². The molecule has 1 aliphatic carbocycles. The van der Waals surface area contributed by atoms with Gasteiger partial charge in [0.25, 0.3) is 5.91 Å². The summed E-state index contributed by atoms with van der Waals surface area (Å²) in [6, 6.07) is 23.0. The van der Waals surface area contributed by atoms with Gasteiger partial charge >= 0.3 is 0 Å². The van der Waals surface area contributed by atoms with Gasteiger partial charge in [-0.2, -0.15) is 5.10 Å². The maximum atomic E-state index is 13.6. The highest BCUT2D eigenvalue weighted by Crippen LogP contribution is 2.46. The Hall–Kier alpha value is -3.34. The van der Waals surface area contributed by atoms with E-state index in [0.29, 0.717) is 16.0 Å². The van der Waals surface area contributed by atoms with E-state index < -0.39 is 0 Å². The second kappa shape index (κ2) is 11.0. The minimum absolute atomic E-state index is 0.0989. The summed E-state index contributed by atoms with van der Waals surface area (Å²) in [5, 5.41) is 7.99. The van der Waals surface area contributed by atoms with Crippen LogP contribution in [0.3, 0.4) is 0 Å². The van der Waals surface area contributed by atoms with E-state index in [1.165, 1.54) is 5.57 Å². The molecule has 1 fully saturated rings. The highest BCUT2D eigenvalue weighted by molar-refractivity contribution is 6.30. The molecule has 0 saturated heterocycles. The summed E-state index contributed by atoms with van der Waals surface area (Å²) in [6.45, 7) is 2.26. The molecule has 3 aromatic carbocycles. The van der Waals surface area contributed by atoms with E-state index in [2.05, 4.69) is 13.0 Å². The van der Waals surface area contributed by atoms with Crippen LogP contribution in [0.5, 0.6) is 5.75 Å². The van der Waals surface area contributed by atoms with Gasteiger partial charge in [0.05, 0.1) is 18.9 Å². The van der Waals surface area contributed by atoms with Crippen molar-refractivity contribution >= 4 is 47.0 Å². The van der Waals surface area contributed by atoms with Gasteiger partial charge in [0.2, 0.25) is 0 Å². The second-order valence-electron chi connectivity index (χ2n) is 9.64. The van der Waals surface area contributed by atoms with Gasteiger partial charge < -0.3 is 4.74 Å². The molecule has 3 atom stereocenters. The molecule has 4 nitrogen and oxygen atoms in total. The molecule has 37 heavy (non-hydrogen) atoms. The molecule has 0 aromatic heterocycles. The molecule has 2 aliphatic rings. The summed E-state index contributed by atoms with van der Waals surface area (Å²) >= 11 is 12.3. The fraction of sp³-hybridized carbons (Fsp3) is 0.226. The molecule has 1 aliphatic heterocycles. The number of halogens is 2. The monoisotopic (exact) mass is 530 g/mol. The van der Waals surface area contributed by atoms with E-state index in [1.807, 2.05) is 78.9 Å². The van der Waals surface area contributed by atoms with Crippen LogP contribution in [0.1, 0.15) is 42.5 Å². The van der Waals surface area contributed by atoms with Crippen molar-refractivity contribution in [2.24, 2.45) is 16.9 Å². The average Bonchev–Trinajstić information content (AvgIpc) is 3.29. The molecule has 5 rings (SSSR count). The van der Waals surface area contributed by atoms with E-state index in [9.17, 15) is 4.79 Å². The summed E-state index contributed by atoms with van der Waals surface area (Å²) in [5.74, 6) is 1.18. The Balaban J connectivity index is 1.51. The van der Waals surface area contributed by atoms with Crippen molar-refractivity contribution in [2.75, 3.05) is 7.11 Å². The molecule has 3 aromatic rings. The predicted octanol–water partition coefficient (Wildman–Crippen LogP) is 8.08. The van der Waals surface area contributed by atoms with Crippen molar-refractivity contribution in [1.82, 2.24) is 5.01 Å². The third kappa shape index (κ3) is 5.66. The van der Waals surface area contributed by atoms with Crippen LogP contribution in [-0.4, -0.2) is 23.7 Å². The number of ether oxygens (including phenoxy) is 1. The first-order valence-corrected chi connectivity index (χ1v) is 13.1. The molecular formula is C31H28Cl2N2O2. The Morgan fingerprint density at radius 1 is 0.946 bits per heavy atom. The third-order valence-corrected chi connectivity index (χ3v) is 7.45. The van der Waals surface area contributed by atoms with Gasteiger partial charge in [-0.05, 0) is 89.6 Å². The molecule has 0 spiro atoms. The third-order valence-electron chi connectivity index (χ3n) is 6.95. The first kappa shape index (κ1) is 25.3. The van der Waals surface area contributed by atoms with Crippen molar-refractivity contribution in [3.8, 4) is 5.75 Å². The molecule has 0 bridgehead atoms. The topological polar surface area (TPSA) is 41.9 Å². The van der Waals surface area contributed by atoms with Crippen LogP contribution in [0, 0.1) is 11.8 Å². The molecule has 1 saturated carbocycles. The molecule has 188 valence electrons. The number of hydrazone groups is 1. The average molecular weight is 531 g/mol. The second-order valence-corrected chi connectivity index (χ2v) is 10.5. The van der Waals surface area contributed by atoms with E-state index in [1.54, 1.807) is 18.2 Å². The lowest BCUT2D eigenvalue weighted by atomic mass is 9.73.